The van der Waals surface area contributed by atoms with E-state index in [9.17, 15) is 0 Å². The zero-order valence-electron chi connectivity index (χ0n) is 56.1. The Morgan fingerprint density at radius 2 is 0.506 bits per heavy atom. The van der Waals surface area contributed by atoms with Crippen LogP contribution in [0.15, 0.2) is 36.4 Å². The second kappa shape index (κ2) is 25.4. The summed E-state index contributed by atoms with van der Waals surface area (Å²) in [7, 11) is 0. The molecule has 2 atom stereocenters. The van der Waals surface area contributed by atoms with E-state index in [1.54, 1.807) is 66.8 Å². The number of hydrogen-bond acceptors (Lipinski definition) is 0. The average Bonchev–Trinajstić information content (AvgIpc) is 4.15. The molecule has 0 bridgehead atoms. The Morgan fingerprint density at radius 1 is 0.273 bits per heavy atom. The highest BCUT2D eigenvalue weighted by molar-refractivity contribution is 5.53. The van der Waals surface area contributed by atoms with E-state index in [2.05, 4.69) is 161 Å². The lowest BCUT2D eigenvalue weighted by atomic mass is 9.73. The Labute approximate surface area is 481 Å². The second-order valence-electron chi connectivity index (χ2n) is 32.3. The molecule has 436 valence electrons. The van der Waals surface area contributed by atoms with Crippen molar-refractivity contribution in [3.63, 3.8) is 0 Å². The molecule has 3 aromatic carbocycles. The van der Waals surface area contributed by atoms with Gasteiger partial charge in [-0.25, -0.2) is 0 Å². The van der Waals surface area contributed by atoms with Gasteiger partial charge in [-0.2, -0.15) is 0 Å². The molecule has 7 aliphatic carbocycles. The number of benzene rings is 3. The SMILES string of the molecule is CC.CC.CC.CC(C)(C)c1ccc(C(C)(C)C)c2c1CC1(CCC3CCCC31)C2.CC(C)(C)c1ccc(C(C)(C)C)c2c1CC1(CCCCCC1)C2.CC(C)(C)c1ccc(C(C)(C)C)c2c1CC1(CCCCCCC1)C2. The van der Waals surface area contributed by atoms with Gasteiger partial charge in [0.1, 0.15) is 0 Å². The molecule has 0 nitrogen and oxygen atoms in total. The maximum Gasteiger partial charge on any atom is -0.0129 e. The minimum Gasteiger partial charge on any atom is -0.0683 e. The summed E-state index contributed by atoms with van der Waals surface area (Å²) in [6, 6.07) is 14.8. The van der Waals surface area contributed by atoms with Crippen LogP contribution in [-0.2, 0) is 71.0 Å². The quantitative estimate of drug-likeness (QED) is 0.210. The highest BCUT2D eigenvalue weighted by Gasteiger charge is 2.54. The van der Waals surface area contributed by atoms with Crippen LogP contribution in [0.5, 0.6) is 0 Å². The first kappa shape index (κ1) is 65.5. The van der Waals surface area contributed by atoms with Crippen LogP contribution in [0.1, 0.15) is 349 Å². The standard InChI is InChI=1S/C24H36.C24H38.C23H36.3C2H6/c1-22(2,3)20-10-11-21(23(4,5)6)18-15-24(14-17(18)20)13-12-16-8-7-9-19(16)24;1-22(2,3)20-12-13-21(23(4,5)6)19-17-24(16-18(19)20)14-10-8-7-9-11-15-24;1-21(2,3)19-11-12-20(22(4,5)6)18-16-23(15-17(18)19)13-9-7-8-10-14-23;3*1-2/h10-11,16,19H,7-9,12-15H2,1-6H3;12-13H,7-11,14-17H2,1-6H3;11-12H,7-10,13-16H2,1-6H3;3*1-2H3. The van der Waals surface area contributed by atoms with E-state index in [4.69, 9.17) is 0 Å². The minimum atomic E-state index is 0.258. The summed E-state index contributed by atoms with van der Waals surface area (Å²) >= 11 is 0. The molecule has 0 aromatic heterocycles. The molecular weight excluding hydrogens is 925 g/mol. The summed E-state index contributed by atoms with van der Waals surface area (Å²) in [5, 5.41) is 0. The maximum absolute atomic E-state index is 2.47. The molecule has 3 aromatic rings. The van der Waals surface area contributed by atoms with E-state index in [1.165, 1.54) is 154 Å². The molecule has 4 fully saturated rings. The lowest BCUT2D eigenvalue weighted by molar-refractivity contribution is 0.197. The Hall–Kier alpha value is -2.34. The molecule has 2 unspecified atom stereocenters. The predicted octanol–water partition coefficient (Wildman–Crippen LogP) is 23.5. The Kier molecular flexibility index (Phi) is 21.6. The van der Waals surface area contributed by atoms with Gasteiger partial charge in [-0.1, -0.05) is 273 Å². The molecule has 0 saturated heterocycles. The van der Waals surface area contributed by atoms with Gasteiger partial charge in [-0.3, -0.25) is 0 Å². The first-order chi connectivity index (χ1) is 35.9. The molecule has 0 amide bonds. The van der Waals surface area contributed by atoms with Crippen LogP contribution in [0.25, 0.3) is 0 Å². The van der Waals surface area contributed by atoms with E-state index in [0.717, 1.165) is 11.8 Å². The van der Waals surface area contributed by atoms with Crippen LogP contribution in [0.2, 0.25) is 0 Å². The number of fused-ring (bicyclic) bond motifs is 5. The third-order valence-corrected chi connectivity index (χ3v) is 20.4. The zero-order chi connectivity index (χ0) is 57.8. The Balaban J connectivity index is 0.000000203. The highest BCUT2D eigenvalue weighted by atomic mass is 14.6. The van der Waals surface area contributed by atoms with Gasteiger partial charge in [-0.05, 0) is 211 Å². The minimum absolute atomic E-state index is 0.258. The van der Waals surface area contributed by atoms with Crippen LogP contribution < -0.4 is 0 Å². The third-order valence-electron chi connectivity index (χ3n) is 20.4. The van der Waals surface area contributed by atoms with Crippen molar-refractivity contribution < 1.29 is 0 Å². The molecule has 3 spiro atoms. The van der Waals surface area contributed by atoms with E-state index in [1.807, 2.05) is 41.5 Å². The fourth-order valence-electron chi connectivity index (χ4n) is 17.0. The molecule has 10 rings (SSSR count). The van der Waals surface area contributed by atoms with E-state index >= 15 is 0 Å². The van der Waals surface area contributed by atoms with Gasteiger partial charge >= 0.3 is 0 Å². The van der Waals surface area contributed by atoms with E-state index in [-0.39, 0.29) is 32.5 Å². The van der Waals surface area contributed by atoms with Crippen LogP contribution in [0.3, 0.4) is 0 Å². The average molecular weight is 1050 g/mol. The lowest BCUT2D eigenvalue weighted by Gasteiger charge is -2.31. The molecule has 0 heterocycles. The summed E-state index contributed by atoms with van der Waals surface area (Å²) in [5.41, 5.74) is 23.5. The Bertz CT molecular complexity index is 2200. The van der Waals surface area contributed by atoms with Crippen molar-refractivity contribution in [1.82, 2.24) is 0 Å². The molecular formula is C77H128. The lowest BCUT2D eigenvalue weighted by Crippen LogP contribution is -2.27. The zero-order valence-corrected chi connectivity index (χ0v) is 56.1. The van der Waals surface area contributed by atoms with Crippen molar-refractivity contribution in [2.75, 3.05) is 0 Å². The van der Waals surface area contributed by atoms with Crippen molar-refractivity contribution in [2.24, 2.45) is 28.1 Å². The predicted molar refractivity (Wildman–Crippen MR) is 345 cm³/mol. The first-order valence-corrected chi connectivity index (χ1v) is 33.3. The van der Waals surface area contributed by atoms with Gasteiger partial charge in [0.05, 0.1) is 0 Å². The molecule has 4 saturated carbocycles. The second-order valence-corrected chi connectivity index (χ2v) is 32.3. The molecule has 0 aliphatic heterocycles. The fraction of sp³-hybridized carbons (Fsp3) is 0.766. The summed E-state index contributed by atoms with van der Waals surface area (Å²) < 4.78 is 0. The van der Waals surface area contributed by atoms with Gasteiger partial charge in [-0.15, -0.1) is 0 Å². The van der Waals surface area contributed by atoms with Crippen molar-refractivity contribution in [3.05, 3.63) is 103 Å². The molecule has 0 radical (unpaired) electrons. The van der Waals surface area contributed by atoms with Crippen LogP contribution >= 0.6 is 0 Å². The monoisotopic (exact) mass is 1050 g/mol. The van der Waals surface area contributed by atoms with Crippen molar-refractivity contribution >= 4 is 0 Å². The fourth-order valence-corrected chi connectivity index (χ4v) is 17.0. The van der Waals surface area contributed by atoms with Crippen LogP contribution in [-0.4, -0.2) is 0 Å². The largest absolute Gasteiger partial charge is 0.0683 e. The highest BCUT2D eigenvalue weighted by Crippen LogP contribution is 2.62. The number of hydrogen-bond donors (Lipinski definition) is 0. The smallest absolute Gasteiger partial charge is 0.0129 e. The summed E-state index contributed by atoms with van der Waals surface area (Å²) in [6.07, 6.45) is 34.5. The Morgan fingerprint density at radius 3 is 0.753 bits per heavy atom. The molecule has 0 heteroatoms. The van der Waals surface area contributed by atoms with Crippen LogP contribution in [0.4, 0.5) is 0 Å². The topological polar surface area (TPSA) is 0 Å². The van der Waals surface area contributed by atoms with Gasteiger partial charge in [0, 0.05) is 0 Å². The number of rotatable bonds is 0. The van der Waals surface area contributed by atoms with Crippen molar-refractivity contribution in [2.45, 2.75) is 353 Å². The third kappa shape index (κ3) is 14.8. The summed E-state index contributed by atoms with van der Waals surface area (Å²) in [6.45, 7) is 55.1. The normalized spacial score (nSPS) is 22.1. The first-order valence-electron chi connectivity index (χ1n) is 33.3. The summed E-state index contributed by atoms with van der Waals surface area (Å²) in [4.78, 5) is 0. The van der Waals surface area contributed by atoms with E-state index in [0.29, 0.717) is 16.2 Å². The summed E-state index contributed by atoms with van der Waals surface area (Å²) in [5.74, 6) is 2.07. The molecule has 0 N–H and O–H groups in total. The van der Waals surface area contributed by atoms with Gasteiger partial charge in [0.25, 0.3) is 0 Å². The van der Waals surface area contributed by atoms with Crippen molar-refractivity contribution in [1.29, 1.82) is 0 Å². The molecule has 77 heavy (non-hydrogen) atoms. The van der Waals surface area contributed by atoms with E-state index < -0.39 is 0 Å². The van der Waals surface area contributed by atoms with Gasteiger partial charge in [0.2, 0.25) is 0 Å². The van der Waals surface area contributed by atoms with Crippen molar-refractivity contribution in [3.8, 4) is 0 Å². The van der Waals surface area contributed by atoms with Gasteiger partial charge < -0.3 is 0 Å². The maximum atomic E-state index is 2.47. The van der Waals surface area contributed by atoms with Gasteiger partial charge in [0.15, 0.2) is 0 Å². The molecule has 7 aliphatic rings. The van der Waals surface area contributed by atoms with Crippen LogP contribution in [0, 0.1) is 28.1 Å².